The van der Waals surface area contributed by atoms with E-state index in [2.05, 4.69) is 5.32 Å². The lowest BCUT2D eigenvalue weighted by Gasteiger charge is -2.22. The highest BCUT2D eigenvalue weighted by Crippen LogP contribution is 2.31. The van der Waals surface area contributed by atoms with Crippen LogP contribution in [0, 0.1) is 5.92 Å². The van der Waals surface area contributed by atoms with Crippen LogP contribution in [-0.2, 0) is 4.79 Å². The molecule has 0 atom stereocenters. The fourth-order valence-corrected chi connectivity index (χ4v) is 4.40. The molecular formula is C30H29ClN4O4. The van der Waals surface area contributed by atoms with Gasteiger partial charge in [-0.25, -0.2) is 4.98 Å². The number of amides is 2. The summed E-state index contributed by atoms with van der Waals surface area (Å²) >= 11 is 6.07. The molecule has 1 saturated carbocycles. The molecule has 9 heteroatoms. The minimum atomic E-state index is -0.338. The summed E-state index contributed by atoms with van der Waals surface area (Å²) < 4.78 is 12.4. The van der Waals surface area contributed by atoms with Crippen molar-refractivity contribution in [2.45, 2.75) is 12.8 Å². The number of imidazole rings is 1. The van der Waals surface area contributed by atoms with Crippen LogP contribution >= 0.6 is 11.6 Å². The number of hydrogen-bond acceptors (Lipinski definition) is 5. The number of nitrogens with one attached hydrogen (secondary N) is 1. The van der Waals surface area contributed by atoms with Crippen molar-refractivity contribution in [3.05, 3.63) is 89.6 Å². The van der Waals surface area contributed by atoms with Crippen LogP contribution in [0.1, 0.15) is 23.2 Å². The van der Waals surface area contributed by atoms with E-state index in [1.165, 1.54) is 0 Å². The van der Waals surface area contributed by atoms with Crippen molar-refractivity contribution in [2.75, 3.05) is 32.6 Å². The molecule has 0 unspecified atom stereocenters. The lowest BCUT2D eigenvalue weighted by Crippen LogP contribution is -2.39. The van der Waals surface area contributed by atoms with E-state index in [9.17, 15) is 9.59 Å². The second-order valence-corrected chi connectivity index (χ2v) is 9.87. The number of nitrogens with zero attached hydrogens (tertiary/aromatic N) is 3. The molecule has 5 rings (SSSR count). The van der Waals surface area contributed by atoms with E-state index in [4.69, 9.17) is 26.1 Å². The third-order valence-corrected chi connectivity index (χ3v) is 6.81. The number of benzene rings is 3. The Hall–Kier alpha value is -4.30. The van der Waals surface area contributed by atoms with Gasteiger partial charge in [0.1, 0.15) is 18.0 Å². The number of carbonyl (C=O) groups excluding carboxylic acids is 2. The van der Waals surface area contributed by atoms with Crippen molar-refractivity contribution >= 4 is 29.4 Å². The van der Waals surface area contributed by atoms with Crippen LogP contribution in [0.3, 0.4) is 0 Å². The van der Waals surface area contributed by atoms with Crippen molar-refractivity contribution in [3.63, 3.8) is 0 Å². The van der Waals surface area contributed by atoms with Crippen LogP contribution in [0.25, 0.3) is 16.9 Å². The summed E-state index contributed by atoms with van der Waals surface area (Å²) in [4.78, 5) is 33.0. The Kier molecular flexibility index (Phi) is 7.84. The summed E-state index contributed by atoms with van der Waals surface area (Å²) in [5.41, 5.74) is 2.79. The molecule has 0 spiro atoms. The first-order valence-electron chi connectivity index (χ1n) is 12.7. The first-order valence-corrected chi connectivity index (χ1v) is 13.0. The fraction of sp³-hybridized carbons (Fsp3) is 0.233. The van der Waals surface area contributed by atoms with Crippen LogP contribution in [-0.4, -0.2) is 53.6 Å². The molecule has 8 nitrogen and oxygen atoms in total. The Morgan fingerprint density at radius 1 is 1.00 bits per heavy atom. The zero-order chi connectivity index (χ0) is 27.4. The van der Waals surface area contributed by atoms with Crippen molar-refractivity contribution in [3.8, 4) is 28.4 Å². The van der Waals surface area contributed by atoms with Gasteiger partial charge in [0.15, 0.2) is 0 Å². The van der Waals surface area contributed by atoms with Gasteiger partial charge in [-0.15, -0.1) is 0 Å². The monoisotopic (exact) mass is 544 g/mol. The first kappa shape index (κ1) is 26.3. The largest absolute Gasteiger partial charge is 0.497 e. The minimum absolute atomic E-state index is 0.0989. The summed E-state index contributed by atoms with van der Waals surface area (Å²) in [6, 6.07) is 21.8. The van der Waals surface area contributed by atoms with Gasteiger partial charge in [0.2, 0.25) is 11.9 Å². The zero-order valence-electron chi connectivity index (χ0n) is 21.8. The second kappa shape index (κ2) is 11.6. The SMILES string of the molecule is COc1ccc(-n2cc(-c3ccc(Cl)cc3)nc2NC(=O)CN(CC2CC2)C(=O)c2cccc(OC)c2)cc1. The lowest BCUT2D eigenvalue weighted by molar-refractivity contribution is -0.117. The number of aromatic nitrogens is 2. The number of ether oxygens (including phenoxy) is 2. The molecule has 0 aliphatic heterocycles. The third kappa shape index (κ3) is 6.41. The predicted molar refractivity (Wildman–Crippen MR) is 151 cm³/mol. The molecule has 1 heterocycles. The molecule has 0 saturated heterocycles. The van der Waals surface area contributed by atoms with E-state index in [0.717, 1.165) is 24.1 Å². The van der Waals surface area contributed by atoms with Gasteiger partial charge in [0.05, 0.1) is 19.9 Å². The summed E-state index contributed by atoms with van der Waals surface area (Å²) in [6.45, 7) is 0.421. The van der Waals surface area contributed by atoms with E-state index in [-0.39, 0.29) is 18.4 Å². The zero-order valence-corrected chi connectivity index (χ0v) is 22.5. The number of anilines is 1. The molecular weight excluding hydrogens is 516 g/mol. The van der Waals surface area contributed by atoms with Crippen molar-refractivity contribution in [1.29, 1.82) is 0 Å². The van der Waals surface area contributed by atoms with Crippen molar-refractivity contribution in [1.82, 2.24) is 14.5 Å². The van der Waals surface area contributed by atoms with Gasteiger partial charge in [0.25, 0.3) is 5.91 Å². The molecule has 200 valence electrons. The molecule has 1 aliphatic carbocycles. The number of methoxy groups -OCH3 is 2. The minimum Gasteiger partial charge on any atom is -0.497 e. The molecule has 4 aromatic rings. The van der Waals surface area contributed by atoms with E-state index in [1.807, 2.05) is 42.6 Å². The standard InChI is InChI=1S/C30H29ClN4O4/c1-38-25-14-12-24(13-15-25)35-18-27(21-8-10-23(31)11-9-21)32-30(35)33-28(36)19-34(17-20-6-7-20)29(37)22-4-3-5-26(16-22)39-2/h3-5,8-16,18,20H,6-7,17,19H2,1-2H3,(H,32,33,36). The molecule has 2 amide bonds. The molecule has 39 heavy (non-hydrogen) atoms. The Labute approximate surface area is 232 Å². The van der Waals surface area contributed by atoms with Crippen LogP contribution in [0.5, 0.6) is 11.5 Å². The lowest BCUT2D eigenvalue weighted by atomic mass is 10.1. The van der Waals surface area contributed by atoms with Gasteiger partial charge >= 0.3 is 0 Å². The van der Waals surface area contributed by atoms with E-state index < -0.39 is 0 Å². The summed E-state index contributed by atoms with van der Waals surface area (Å²) in [6.07, 6.45) is 3.95. The maximum atomic E-state index is 13.4. The van der Waals surface area contributed by atoms with Crippen LogP contribution in [0.2, 0.25) is 5.02 Å². The normalized spacial score (nSPS) is 12.6. The molecule has 0 radical (unpaired) electrons. The first-order chi connectivity index (χ1) is 18.9. The molecule has 1 aliphatic rings. The topological polar surface area (TPSA) is 85.7 Å². The Morgan fingerprint density at radius 3 is 2.38 bits per heavy atom. The number of rotatable bonds is 10. The maximum absolute atomic E-state index is 13.4. The highest BCUT2D eigenvalue weighted by atomic mass is 35.5. The highest BCUT2D eigenvalue weighted by molar-refractivity contribution is 6.30. The Balaban J connectivity index is 1.41. The molecule has 1 aromatic heterocycles. The maximum Gasteiger partial charge on any atom is 0.254 e. The van der Waals surface area contributed by atoms with Crippen molar-refractivity contribution in [2.24, 2.45) is 5.92 Å². The van der Waals surface area contributed by atoms with Gasteiger partial charge in [-0.1, -0.05) is 29.8 Å². The average molecular weight is 545 g/mol. The number of carbonyl (C=O) groups is 2. The van der Waals surface area contributed by atoms with Gasteiger partial charge in [-0.2, -0.15) is 0 Å². The van der Waals surface area contributed by atoms with Gasteiger partial charge in [0, 0.05) is 34.6 Å². The predicted octanol–water partition coefficient (Wildman–Crippen LogP) is 5.70. The van der Waals surface area contributed by atoms with Gasteiger partial charge < -0.3 is 14.4 Å². The fourth-order valence-electron chi connectivity index (χ4n) is 4.28. The van der Waals surface area contributed by atoms with Crippen LogP contribution in [0.4, 0.5) is 5.95 Å². The van der Waals surface area contributed by atoms with E-state index in [0.29, 0.717) is 46.2 Å². The second-order valence-electron chi connectivity index (χ2n) is 9.43. The Bertz CT molecular complexity index is 1460. The van der Waals surface area contributed by atoms with E-state index in [1.54, 1.807) is 60.1 Å². The molecule has 1 N–H and O–H groups in total. The quantitative estimate of drug-likeness (QED) is 0.277. The molecule has 3 aromatic carbocycles. The molecule has 1 fully saturated rings. The average Bonchev–Trinajstić information content (AvgIpc) is 3.69. The summed E-state index contributed by atoms with van der Waals surface area (Å²) in [7, 11) is 3.17. The summed E-state index contributed by atoms with van der Waals surface area (Å²) in [5, 5.41) is 3.55. The van der Waals surface area contributed by atoms with Crippen LogP contribution < -0.4 is 14.8 Å². The van der Waals surface area contributed by atoms with E-state index >= 15 is 0 Å². The highest BCUT2D eigenvalue weighted by Gasteiger charge is 2.29. The summed E-state index contributed by atoms with van der Waals surface area (Å²) in [5.74, 6) is 1.51. The Morgan fingerprint density at radius 2 is 1.72 bits per heavy atom. The van der Waals surface area contributed by atoms with Crippen molar-refractivity contribution < 1.29 is 19.1 Å². The number of halogens is 1. The number of hydrogen-bond donors (Lipinski definition) is 1. The van der Waals surface area contributed by atoms with Gasteiger partial charge in [-0.3, -0.25) is 19.5 Å². The van der Waals surface area contributed by atoms with Gasteiger partial charge in [-0.05, 0) is 73.4 Å². The van der Waals surface area contributed by atoms with Crippen LogP contribution in [0.15, 0.2) is 79.0 Å². The third-order valence-electron chi connectivity index (χ3n) is 6.56. The molecule has 0 bridgehead atoms. The smallest absolute Gasteiger partial charge is 0.254 e.